The van der Waals surface area contributed by atoms with Crippen LogP contribution in [0.2, 0.25) is 0 Å². The molecule has 0 radical (unpaired) electrons. The van der Waals surface area contributed by atoms with Crippen molar-refractivity contribution in [3.05, 3.63) is 222 Å². The predicted molar refractivity (Wildman–Crippen MR) is 210 cm³/mol. The molecule has 9 aromatic rings. The zero-order valence-corrected chi connectivity index (χ0v) is 27.1. The van der Waals surface area contributed by atoms with Gasteiger partial charge in [0, 0.05) is 27.6 Å². The largest absolute Gasteiger partial charge is 0.457 e. The molecule has 2 heteroatoms. The van der Waals surface area contributed by atoms with Gasteiger partial charge in [0.05, 0.1) is 31.5 Å². The van der Waals surface area contributed by atoms with Crippen LogP contribution in [0.1, 0.15) is 37.3 Å². The van der Waals surface area contributed by atoms with Crippen LogP contribution in [0.5, 0.6) is 11.5 Å². The molecule has 10 rings (SSSR count). The predicted octanol–water partition coefficient (Wildman–Crippen LogP) is 12.6. The van der Waals surface area contributed by atoms with E-state index in [9.17, 15) is 11.0 Å². The Morgan fingerprint density at radius 1 is 0.451 bits per heavy atom. The van der Waals surface area contributed by atoms with E-state index in [1.165, 1.54) is 0 Å². The topological polar surface area (TPSA) is 14.2 Å². The van der Waals surface area contributed by atoms with Crippen LogP contribution in [0.3, 0.4) is 0 Å². The van der Waals surface area contributed by atoms with Crippen LogP contribution in [0.4, 0.5) is 0 Å². The van der Waals surface area contributed by atoms with Crippen LogP contribution in [-0.2, 0) is 5.41 Å². The molecule has 240 valence electrons. The summed E-state index contributed by atoms with van der Waals surface area (Å²) in [7, 11) is 0. The molecule has 51 heavy (non-hydrogen) atoms. The summed E-state index contributed by atoms with van der Waals surface area (Å²) < 4.78 is 111. The molecule has 1 aromatic heterocycles. The highest BCUT2D eigenvalue weighted by Crippen LogP contribution is 2.55. The number of rotatable bonds is 5. The molecule has 1 aliphatic heterocycles. The van der Waals surface area contributed by atoms with Gasteiger partial charge in [-0.25, -0.2) is 0 Å². The Bertz CT molecular complexity index is 3270. The fourth-order valence-corrected chi connectivity index (χ4v) is 7.41. The first-order valence-electron chi connectivity index (χ1n) is 22.1. The third-order valence-electron chi connectivity index (χ3n) is 9.65. The number of fused-ring (bicyclic) bond motifs is 5. The molecule has 8 aromatic carbocycles. The van der Waals surface area contributed by atoms with Gasteiger partial charge in [-0.15, -0.1) is 0 Å². The van der Waals surface area contributed by atoms with E-state index < -0.39 is 71.9 Å². The minimum atomic E-state index is -1.75. The molecular formula is C49H33NO. The van der Waals surface area contributed by atoms with Crippen LogP contribution in [0.25, 0.3) is 49.7 Å². The molecule has 2 nitrogen and oxygen atoms in total. The average molecular weight is 663 g/mol. The van der Waals surface area contributed by atoms with Gasteiger partial charge in [-0.05, 0) is 81.8 Å². The Kier molecular flexibility index (Phi) is 4.64. The van der Waals surface area contributed by atoms with E-state index in [2.05, 4.69) is 4.57 Å². The van der Waals surface area contributed by atoms with Gasteiger partial charge in [-0.2, -0.15) is 0 Å². The normalized spacial score (nSPS) is 16.0. The summed E-state index contributed by atoms with van der Waals surface area (Å²) in [6.07, 6.45) is 0. The zero-order valence-electron chi connectivity index (χ0n) is 38.1. The second-order valence-corrected chi connectivity index (χ2v) is 12.4. The lowest BCUT2D eigenvalue weighted by Gasteiger charge is -2.41. The average Bonchev–Trinajstić information content (AvgIpc) is 3.63. The van der Waals surface area contributed by atoms with Crippen molar-refractivity contribution in [1.82, 2.24) is 4.57 Å². The van der Waals surface area contributed by atoms with Gasteiger partial charge < -0.3 is 9.30 Å². The highest BCUT2D eigenvalue weighted by Gasteiger charge is 2.45. The van der Waals surface area contributed by atoms with E-state index >= 15 is 0 Å². The number of para-hydroxylation sites is 3. The maximum atomic E-state index is 10.0. The fraction of sp³-hybridized carbons (Fsp3) is 0.0204. The van der Waals surface area contributed by atoms with E-state index in [-0.39, 0.29) is 39.3 Å². The highest BCUT2D eigenvalue weighted by atomic mass is 16.5. The summed E-state index contributed by atoms with van der Waals surface area (Å²) in [6, 6.07) is 35.5. The van der Waals surface area contributed by atoms with E-state index in [0.29, 0.717) is 16.7 Å². The van der Waals surface area contributed by atoms with Crippen molar-refractivity contribution < 1.29 is 19.8 Å². The number of hydrogen-bond donors (Lipinski definition) is 0. The monoisotopic (exact) mass is 662 g/mol. The number of ether oxygens (including phenoxy) is 1. The van der Waals surface area contributed by atoms with Gasteiger partial charge >= 0.3 is 0 Å². The maximum Gasteiger partial charge on any atom is 0.132 e. The van der Waals surface area contributed by atoms with Crippen molar-refractivity contribution in [3.63, 3.8) is 0 Å². The van der Waals surface area contributed by atoms with Gasteiger partial charge in [0.2, 0.25) is 0 Å². The minimum absolute atomic E-state index is 0.0103. The number of hydrogen-bond acceptors (Lipinski definition) is 1. The SMILES string of the molecule is [2H]c1c([2H])c([2H])c2c(c1[2H])Oc1c([2H])c([2H])c(-c3c([2H])c([2H])c(-c4ccc5c(c4)c4ccccc4n5-c4ccccc4)c([2H])c3[2H])c([2H])c1C2(c1ccccc1)c1ccccc1. The van der Waals surface area contributed by atoms with E-state index in [0.717, 1.165) is 27.5 Å². The lowest BCUT2D eigenvalue weighted by molar-refractivity contribution is 0.434. The quantitative estimate of drug-likeness (QED) is 0.179. The lowest BCUT2D eigenvalue weighted by Crippen LogP contribution is -2.34. The summed E-state index contributed by atoms with van der Waals surface area (Å²) in [6.45, 7) is 0. The van der Waals surface area contributed by atoms with E-state index in [1.807, 2.05) is 66.7 Å². The Morgan fingerprint density at radius 3 is 1.75 bits per heavy atom. The van der Waals surface area contributed by atoms with Crippen molar-refractivity contribution in [3.8, 4) is 39.4 Å². The maximum absolute atomic E-state index is 10.0. The second kappa shape index (κ2) is 11.8. The molecule has 0 amide bonds. The van der Waals surface area contributed by atoms with Crippen molar-refractivity contribution >= 4 is 21.8 Å². The van der Waals surface area contributed by atoms with Gasteiger partial charge in [0.25, 0.3) is 0 Å². The van der Waals surface area contributed by atoms with E-state index in [1.54, 1.807) is 66.7 Å². The van der Waals surface area contributed by atoms with Crippen LogP contribution >= 0.6 is 0 Å². The Balaban J connectivity index is 1.26. The summed E-state index contributed by atoms with van der Waals surface area (Å²) >= 11 is 0. The smallest absolute Gasteiger partial charge is 0.132 e. The first kappa shape index (κ1) is 20.1. The minimum Gasteiger partial charge on any atom is -0.457 e. The second-order valence-electron chi connectivity index (χ2n) is 12.4. The summed E-state index contributed by atoms with van der Waals surface area (Å²) in [4.78, 5) is 0. The molecule has 0 unspecified atom stereocenters. The standard InChI is InChI=1S/C49H33NO/c1-4-14-38(15-5-1)49(39-16-6-2-7-17-39)43-21-11-13-23-47(43)51-48-31-29-37(33-44(48)49)35-26-24-34(25-27-35)36-28-30-46-42(32-36)41-20-10-12-22-45(41)50(46)40-18-8-3-9-19-40/h1-33H/i11D,13D,21D,23D,24D,25D,26D,27D,29D,31D,33D. The molecule has 0 aliphatic carbocycles. The Labute approximate surface area is 312 Å². The van der Waals surface area contributed by atoms with Crippen molar-refractivity contribution in [1.29, 1.82) is 0 Å². The summed E-state index contributed by atoms with van der Waals surface area (Å²) in [5.74, 6) is -0.544. The Morgan fingerprint density at radius 2 is 1.02 bits per heavy atom. The molecule has 2 heterocycles. The van der Waals surface area contributed by atoms with Crippen LogP contribution < -0.4 is 4.74 Å². The van der Waals surface area contributed by atoms with Gasteiger partial charge in [-0.3, -0.25) is 0 Å². The molecule has 0 saturated carbocycles. The van der Waals surface area contributed by atoms with E-state index in [4.69, 9.17) is 8.85 Å². The number of benzene rings is 8. The third-order valence-corrected chi connectivity index (χ3v) is 9.65. The molecule has 1 aliphatic rings. The first-order valence-corrected chi connectivity index (χ1v) is 16.6. The zero-order chi connectivity index (χ0) is 43.4. The highest BCUT2D eigenvalue weighted by molar-refractivity contribution is 6.10. The van der Waals surface area contributed by atoms with Gasteiger partial charge in [-0.1, -0.05) is 151 Å². The molecule has 0 atom stereocenters. The van der Waals surface area contributed by atoms with Crippen molar-refractivity contribution in [2.24, 2.45) is 0 Å². The number of aromatic nitrogens is 1. The van der Waals surface area contributed by atoms with Crippen LogP contribution in [0.15, 0.2) is 200 Å². The lowest BCUT2D eigenvalue weighted by atomic mass is 9.63. The Hall–Kier alpha value is -6.64. The summed E-state index contributed by atoms with van der Waals surface area (Å²) in [5.41, 5.74) is 1.70. The van der Waals surface area contributed by atoms with Crippen molar-refractivity contribution in [2.45, 2.75) is 5.41 Å². The molecule has 0 spiro atoms. The molecular weight excluding hydrogens is 619 g/mol. The molecule has 0 fully saturated rings. The first-order chi connectivity index (χ1) is 29.9. The van der Waals surface area contributed by atoms with Crippen molar-refractivity contribution in [2.75, 3.05) is 0 Å². The van der Waals surface area contributed by atoms with Crippen LogP contribution in [-0.4, -0.2) is 4.57 Å². The molecule has 0 N–H and O–H groups in total. The van der Waals surface area contributed by atoms with Gasteiger partial charge in [0.15, 0.2) is 0 Å². The fourth-order valence-electron chi connectivity index (χ4n) is 7.41. The number of nitrogens with zero attached hydrogens (tertiary/aromatic N) is 1. The van der Waals surface area contributed by atoms with Gasteiger partial charge in [0.1, 0.15) is 11.5 Å². The molecule has 0 bridgehead atoms. The van der Waals surface area contributed by atoms with Crippen LogP contribution in [0, 0.1) is 0 Å². The molecule has 0 saturated heterocycles. The summed E-state index contributed by atoms with van der Waals surface area (Å²) in [5, 5.41) is 1.78. The third kappa shape index (κ3) is 4.57.